The van der Waals surface area contributed by atoms with Crippen molar-refractivity contribution in [3.8, 4) is 0 Å². The van der Waals surface area contributed by atoms with Crippen LogP contribution in [-0.2, 0) is 19.1 Å². The summed E-state index contributed by atoms with van der Waals surface area (Å²) < 4.78 is 26.8. The van der Waals surface area contributed by atoms with Crippen molar-refractivity contribution in [1.29, 1.82) is 0 Å². The Kier molecular flexibility index (Phi) is 7.32. The molecule has 4 rings (SSSR count). The summed E-state index contributed by atoms with van der Waals surface area (Å²) in [7, 11) is 0. The Morgan fingerprint density at radius 2 is 1.94 bits per heavy atom. The fraction of sp³-hybridized carbons (Fsp3) is 0.667. The van der Waals surface area contributed by atoms with E-state index < -0.39 is 17.9 Å². The van der Waals surface area contributed by atoms with Gasteiger partial charge in [-0.15, -0.1) is 0 Å². The molecule has 1 aromatic heterocycles. The number of esters is 1. The normalized spacial score (nSPS) is 33.7. The molecular formula is C27H36FNO4. The van der Waals surface area contributed by atoms with Gasteiger partial charge in [-0.05, 0) is 63.2 Å². The molecule has 0 aromatic carbocycles. The third kappa shape index (κ3) is 5.89. The van der Waals surface area contributed by atoms with E-state index in [1.165, 1.54) is 6.08 Å². The quantitative estimate of drug-likeness (QED) is 0.404. The Bertz CT molecular complexity index is 881. The summed E-state index contributed by atoms with van der Waals surface area (Å²) in [6, 6.07) is 5.26. The summed E-state index contributed by atoms with van der Waals surface area (Å²) >= 11 is 0. The molecule has 33 heavy (non-hydrogen) atoms. The molecule has 1 saturated carbocycles. The third-order valence-corrected chi connectivity index (χ3v) is 7.96. The highest BCUT2D eigenvalue weighted by Gasteiger charge is 2.53. The minimum absolute atomic E-state index is 0.136. The zero-order valence-electron chi connectivity index (χ0n) is 19.9. The average molecular weight is 458 g/mol. The molecule has 0 N–H and O–H groups in total. The van der Waals surface area contributed by atoms with Crippen molar-refractivity contribution in [2.45, 2.75) is 102 Å². The number of halogens is 1. The number of Topliss-reactive ketones (excluding diaryl/α,β-unsaturated/α-hetero) is 1. The Balaban J connectivity index is 1.50. The highest BCUT2D eigenvalue weighted by atomic mass is 19.1. The van der Waals surface area contributed by atoms with E-state index >= 15 is 4.39 Å². The first-order valence-corrected chi connectivity index (χ1v) is 12.5. The molecule has 4 atom stereocenters. The number of ketones is 1. The van der Waals surface area contributed by atoms with Crippen molar-refractivity contribution in [3.63, 3.8) is 0 Å². The van der Waals surface area contributed by atoms with E-state index in [-0.39, 0.29) is 35.7 Å². The Morgan fingerprint density at radius 1 is 1.12 bits per heavy atom. The fourth-order valence-corrected chi connectivity index (χ4v) is 5.33. The summed E-state index contributed by atoms with van der Waals surface area (Å²) in [5, 5.41) is 0. The van der Waals surface area contributed by atoms with Crippen molar-refractivity contribution in [3.05, 3.63) is 35.9 Å². The van der Waals surface area contributed by atoms with Gasteiger partial charge in [0.15, 0.2) is 6.10 Å². The number of rotatable bonds is 2. The van der Waals surface area contributed by atoms with Gasteiger partial charge in [0.05, 0.1) is 17.4 Å². The van der Waals surface area contributed by atoms with Crippen molar-refractivity contribution >= 4 is 17.8 Å². The Labute approximate surface area is 196 Å². The molecular weight excluding hydrogens is 421 g/mol. The molecule has 2 aliphatic heterocycles. The second kappa shape index (κ2) is 10.0. The molecule has 3 aliphatic rings. The van der Waals surface area contributed by atoms with Crippen molar-refractivity contribution in [1.82, 2.24) is 4.98 Å². The van der Waals surface area contributed by atoms with Gasteiger partial charge >= 0.3 is 5.97 Å². The van der Waals surface area contributed by atoms with Gasteiger partial charge in [-0.3, -0.25) is 14.6 Å². The molecule has 2 saturated heterocycles. The lowest BCUT2D eigenvalue weighted by atomic mass is 9.62. The topological polar surface area (TPSA) is 68.8 Å². The number of hydrogen-bond acceptors (Lipinski definition) is 5. The van der Waals surface area contributed by atoms with E-state index in [1.807, 2.05) is 0 Å². The highest BCUT2D eigenvalue weighted by Crippen LogP contribution is 2.48. The predicted molar refractivity (Wildman–Crippen MR) is 124 cm³/mol. The maximum absolute atomic E-state index is 15.2. The number of epoxide rings is 1. The first-order chi connectivity index (χ1) is 15.8. The molecule has 4 unspecified atom stereocenters. The van der Waals surface area contributed by atoms with E-state index in [0.29, 0.717) is 24.5 Å². The van der Waals surface area contributed by atoms with Crippen molar-refractivity contribution < 1.29 is 23.5 Å². The molecule has 0 amide bonds. The molecule has 1 aromatic rings. The Hall–Kier alpha value is -2.08. The first-order valence-electron chi connectivity index (χ1n) is 12.5. The van der Waals surface area contributed by atoms with E-state index in [4.69, 9.17) is 9.47 Å². The highest BCUT2D eigenvalue weighted by molar-refractivity contribution is 5.86. The monoisotopic (exact) mass is 457 g/mol. The minimum Gasteiger partial charge on any atom is -0.455 e. The lowest BCUT2D eigenvalue weighted by Gasteiger charge is -2.40. The molecule has 1 spiro atoms. The summed E-state index contributed by atoms with van der Waals surface area (Å²) in [5.74, 6) is -0.206. The maximum Gasteiger partial charge on any atom is 0.306 e. The molecule has 1 aliphatic carbocycles. The molecule has 5 nitrogen and oxygen atoms in total. The molecule has 3 heterocycles. The fourth-order valence-electron chi connectivity index (χ4n) is 5.33. The van der Waals surface area contributed by atoms with Gasteiger partial charge in [0, 0.05) is 30.9 Å². The van der Waals surface area contributed by atoms with Crippen LogP contribution < -0.4 is 0 Å². The van der Waals surface area contributed by atoms with Crippen LogP contribution in [0.4, 0.5) is 4.39 Å². The van der Waals surface area contributed by atoms with E-state index in [2.05, 4.69) is 18.8 Å². The van der Waals surface area contributed by atoms with Crippen LogP contribution in [0.15, 0.2) is 30.2 Å². The third-order valence-electron chi connectivity index (χ3n) is 7.96. The van der Waals surface area contributed by atoms with Crippen LogP contribution in [-0.4, -0.2) is 34.5 Å². The van der Waals surface area contributed by atoms with E-state index in [1.54, 1.807) is 24.4 Å². The van der Waals surface area contributed by atoms with E-state index in [9.17, 15) is 9.59 Å². The molecule has 180 valence electrons. The number of cyclic esters (lactones) is 1. The van der Waals surface area contributed by atoms with Gasteiger partial charge in [-0.2, -0.15) is 0 Å². The van der Waals surface area contributed by atoms with Crippen molar-refractivity contribution in [2.24, 2.45) is 11.3 Å². The number of carbonyl (C=O) groups excluding carboxylic acids is 2. The number of nitrogens with zero attached hydrogens (tertiary/aromatic N) is 1. The smallest absolute Gasteiger partial charge is 0.306 e. The summed E-state index contributed by atoms with van der Waals surface area (Å²) in [4.78, 5) is 29.9. The van der Waals surface area contributed by atoms with Gasteiger partial charge in [0.2, 0.25) is 0 Å². The number of ether oxygens (including phenoxy) is 2. The van der Waals surface area contributed by atoms with Gasteiger partial charge < -0.3 is 9.47 Å². The standard InChI is InChI=1S/C27H36FNO4/c1-19-7-5-12-26(2)24(33-26)18-22(21(28)17-20-8-3-4-16-29-20)32-25(31)11-15-27(13-6-14-27)23(30)10-9-19/h3-4,8,16-17,19,22,24H,5-7,9-15,18H2,1-2H3. The molecule has 3 fully saturated rings. The van der Waals surface area contributed by atoms with Crippen LogP contribution >= 0.6 is 0 Å². The zero-order chi connectivity index (χ0) is 23.5. The van der Waals surface area contributed by atoms with Crippen LogP contribution in [0.1, 0.15) is 90.2 Å². The van der Waals surface area contributed by atoms with Crippen LogP contribution in [0.2, 0.25) is 0 Å². The second-order valence-corrected chi connectivity index (χ2v) is 10.5. The van der Waals surface area contributed by atoms with Crippen LogP contribution in [0.3, 0.4) is 0 Å². The maximum atomic E-state index is 15.2. The summed E-state index contributed by atoms with van der Waals surface area (Å²) in [6.45, 7) is 4.26. The zero-order valence-corrected chi connectivity index (χ0v) is 19.9. The molecule has 0 radical (unpaired) electrons. The number of aromatic nitrogens is 1. The Morgan fingerprint density at radius 3 is 2.64 bits per heavy atom. The minimum atomic E-state index is -1.01. The first kappa shape index (κ1) is 24.1. The van der Waals surface area contributed by atoms with Crippen molar-refractivity contribution in [2.75, 3.05) is 0 Å². The summed E-state index contributed by atoms with van der Waals surface area (Å²) in [6.07, 6.45) is 9.84. The van der Waals surface area contributed by atoms with Gasteiger partial charge in [0.1, 0.15) is 11.6 Å². The van der Waals surface area contributed by atoms with Gasteiger partial charge in [0.25, 0.3) is 0 Å². The number of fused-ring (bicyclic) bond motifs is 1. The largest absolute Gasteiger partial charge is 0.455 e. The summed E-state index contributed by atoms with van der Waals surface area (Å²) in [5.41, 5.74) is -0.213. The lowest BCUT2D eigenvalue weighted by molar-refractivity contribution is -0.150. The van der Waals surface area contributed by atoms with Crippen LogP contribution in [0.25, 0.3) is 6.08 Å². The van der Waals surface area contributed by atoms with Crippen LogP contribution in [0.5, 0.6) is 0 Å². The average Bonchev–Trinajstić information content (AvgIpc) is 3.39. The lowest BCUT2D eigenvalue weighted by Crippen LogP contribution is -2.39. The van der Waals surface area contributed by atoms with Gasteiger partial charge in [-0.25, -0.2) is 4.39 Å². The number of pyridine rings is 1. The number of hydrogen-bond donors (Lipinski definition) is 0. The predicted octanol–water partition coefficient (Wildman–Crippen LogP) is 5.97. The molecule has 0 bridgehead atoms. The van der Waals surface area contributed by atoms with Crippen LogP contribution in [0, 0.1) is 11.3 Å². The van der Waals surface area contributed by atoms with Gasteiger partial charge in [-0.1, -0.05) is 32.3 Å². The molecule has 6 heteroatoms. The SMILES string of the molecule is CC1CCCC2(C)OC2CC(C(F)=Cc2ccccn2)OC(=O)CCC2(CCC2)C(=O)CC1. The van der Waals surface area contributed by atoms with E-state index in [0.717, 1.165) is 44.9 Å². The second-order valence-electron chi connectivity index (χ2n) is 10.5. The number of carbonyl (C=O) groups is 2.